The molecule has 1 fully saturated rings. The van der Waals surface area contributed by atoms with Crippen molar-refractivity contribution in [2.24, 2.45) is 5.73 Å². The third-order valence-corrected chi connectivity index (χ3v) is 2.24. The second-order valence-corrected chi connectivity index (χ2v) is 3.55. The van der Waals surface area contributed by atoms with Gasteiger partial charge >= 0.3 is 0 Å². The Bertz CT molecular complexity index is 151. The maximum atomic E-state index is 10.6. The summed E-state index contributed by atoms with van der Waals surface area (Å²) in [5.41, 5.74) is 5.73. The summed E-state index contributed by atoms with van der Waals surface area (Å²) in [7, 11) is 0. The normalized spacial score (nSPS) is 30.2. The summed E-state index contributed by atoms with van der Waals surface area (Å²) in [6.07, 6.45) is 4.35. The number of hydrogen-bond acceptors (Lipinski definition) is 3. The van der Waals surface area contributed by atoms with E-state index >= 15 is 0 Å². The molecule has 0 spiro atoms. The first-order chi connectivity index (χ1) is 5.68. The lowest BCUT2D eigenvalue weighted by molar-refractivity contribution is -0.124. The van der Waals surface area contributed by atoms with E-state index in [2.05, 4.69) is 0 Å². The van der Waals surface area contributed by atoms with Gasteiger partial charge in [0.25, 0.3) is 0 Å². The summed E-state index contributed by atoms with van der Waals surface area (Å²) in [4.78, 5) is 10.6. The molecule has 1 saturated carbocycles. The number of ketones is 1. The van der Waals surface area contributed by atoms with Crippen molar-refractivity contribution in [2.45, 2.75) is 44.8 Å². The predicted molar refractivity (Wildman–Crippen MR) is 46.9 cm³/mol. The number of carbonyl (C=O) groups excluding carboxylic acids is 1. The van der Waals surface area contributed by atoms with E-state index in [4.69, 9.17) is 10.5 Å². The minimum absolute atomic E-state index is 0.102. The topological polar surface area (TPSA) is 52.3 Å². The summed E-state index contributed by atoms with van der Waals surface area (Å²) in [5, 5.41) is 0. The molecule has 70 valence electrons. The molecular weight excluding hydrogens is 154 g/mol. The van der Waals surface area contributed by atoms with Crippen molar-refractivity contribution in [2.75, 3.05) is 6.61 Å². The van der Waals surface area contributed by atoms with E-state index < -0.39 is 0 Å². The van der Waals surface area contributed by atoms with Crippen molar-refractivity contribution >= 4 is 5.78 Å². The van der Waals surface area contributed by atoms with Gasteiger partial charge in [-0.25, -0.2) is 0 Å². The van der Waals surface area contributed by atoms with Crippen LogP contribution in [0.5, 0.6) is 0 Å². The van der Waals surface area contributed by atoms with Crippen molar-refractivity contribution in [1.29, 1.82) is 0 Å². The summed E-state index contributed by atoms with van der Waals surface area (Å²) in [6.45, 7) is 1.81. The van der Waals surface area contributed by atoms with Crippen molar-refractivity contribution in [3.63, 3.8) is 0 Å². The molecule has 0 aromatic carbocycles. The molecule has 0 radical (unpaired) electrons. The van der Waals surface area contributed by atoms with Crippen LogP contribution in [0.2, 0.25) is 0 Å². The molecule has 12 heavy (non-hydrogen) atoms. The van der Waals surface area contributed by atoms with Crippen LogP contribution in [0, 0.1) is 0 Å². The highest BCUT2D eigenvalue weighted by Crippen LogP contribution is 2.19. The fourth-order valence-corrected chi connectivity index (χ4v) is 1.49. The molecule has 1 aliphatic carbocycles. The molecule has 1 rings (SSSR count). The smallest absolute Gasteiger partial charge is 0.155 e. The molecule has 0 aromatic rings. The fraction of sp³-hybridized carbons (Fsp3) is 0.889. The van der Waals surface area contributed by atoms with E-state index in [1.807, 2.05) is 0 Å². The molecule has 0 aromatic heterocycles. The molecule has 0 saturated heterocycles. The monoisotopic (exact) mass is 171 g/mol. The van der Waals surface area contributed by atoms with E-state index in [0.29, 0.717) is 6.04 Å². The van der Waals surface area contributed by atoms with Crippen molar-refractivity contribution in [1.82, 2.24) is 0 Å². The predicted octanol–water partition coefficient (Wildman–Crippen LogP) is 0.862. The number of rotatable bonds is 3. The van der Waals surface area contributed by atoms with Crippen LogP contribution in [0.4, 0.5) is 0 Å². The van der Waals surface area contributed by atoms with E-state index in [-0.39, 0.29) is 18.5 Å². The van der Waals surface area contributed by atoms with Gasteiger partial charge in [-0.15, -0.1) is 0 Å². The largest absolute Gasteiger partial charge is 0.370 e. The van der Waals surface area contributed by atoms with E-state index in [1.54, 1.807) is 6.92 Å². The molecule has 0 bridgehead atoms. The van der Waals surface area contributed by atoms with Crippen LogP contribution in [0.3, 0.4) is 0 Å². The van der Waals surface area contributed by atoms with Gasteiger partial charge in [0.2, 0.25) is 0 Å². The molecule has 0 aliphatic heterocycles. The van der Waals surface area contributed by atoms with Gasteiger partial charge in [0.15, 0.2) is 5.78 Å². The Morgan fingerprint density at radius 2 is 2.00 bits per heavy atom. The van der Waals surface area contributed by atoms with Crippen LogP contribution in [-0.2, 0) is 9.53 Å². The highest BCUT2D eigenvalue weighted by atomic mass is 16.5. The fourth-order valence-electron chi connectivity index (χ4n) is 1.49. The van der Waals surface area contributed by atoms with Crippen LogP contribution in [0.1, 0.15) is 32.6 Å². The molecule has 3 nitrogen and oxygen atoms in total. The zero-order valence-corrected chi connectivity index (χ0v) is 7.58. The van der Waals surface area contributed by atoms with E-state index in [0.717, 1.165) is 25.7 Å². The molecular formula is C9H17NO2. The summed E-state index contributed by atoms with van der Waals surface area (Å²) in [6, 6.07) is 0.349. The number of carbonyl (C=O) groups is 1. The quantitative estimate of drug-likeness (QED) is 0.685. The van der Waals surface area contributed by atoms with Crippen LogP contribution in [0.25, 0.3) is 0 Å². The zero-order valence-electron chi connectivity index (χ0n) is 7.58. The Balaban J connectivity index is 2.13. The van der Waals surface area contributed by atoms with Crippen molar-refractivity contribution < 1.29 is 9.53 Å². The van der Waals surface area contributed by atoms with Crippen LogP contribution in [0.15, 0.2) is 0 Å². The Hall–Kier alpha value is -0.410. The minimum atomic E-state index is 0.102. The lowest BCUT2D eigenvalue weighted by Gasteiger charge is -2.25. The highest BCUT2D eigenvalue weighted by molar-refractivity contribution is 5.76. The number of hydrogen-bond donors (Lipinski definition) is 1. The Morgan fingerprint density at radius 1 is 1.42 bits per heavy atom. The van der Waals surface area contributed by atoms with Gasteiger partial charge in [-0.05, 0) is 32.6 Å². The molecule has 0 atom stereocenters. The first kappa shape index (κ1) is 9.68. The summed E-state index contributed by atoms with van der Waals surface area (Å²) in [5.74, 6) is 0.102. The molecule has 1 aliphatic rings. The number of ether oxygens (including phenoxy) is 1. The third-order valence-electron chi connectivity index (χ3n) is 2.24. The summed E-state index contributed by atoms with van der Waals surface area (Å²) < 4.78 is 5.39. The zero-order chi connectivity index (χ0) is 8.97. The molecule has 0 amide bonds. The van der Waals surface area contributed by atoms with Crippen molar-refractivity contribution in [3.05, 3.63) is 0 Å². The van der Waals surface area contributed by atoms with Crippen LogP contribution >= 0.6 is 0 Å². The van der Waals surface area contributed by atoms with Crippen molar-refractivity contribution in [3.8, 4) is 0 Å². The second kappa shape index (κ2) is 4.58. The van der Waals surface area contributed by atoms with Gasteiger partial charge in [0.05, 0.1) is 6.10 Å². The second-order valence-electron chi connectivity index (χ2n) is 3.55. The first-order valence-corrected chi connectivity index (χ1v) is 4.55. The average molecular weight is 171 g/mol. The number of nitrogens with two attached hydrogens (primary N) is 1. The van der Waals surface area contributed by atoms with E-state index in [1.165, 1.54) is 0 Å². The number of Topliss-reactive ketones (excluding diaryl/α,β-unsaturated/α-hetero) is 1. The highest BCUT2D eigenvalue weighted by Gasteiger charge is 2.18. The maximum Gasteiger partial charge on any atom is 0.155 e. The summed E-state index contributed by atoms with van der Waals surface area (Å²) >= 11 is 0. The Morgan fingerprint density at radius 3 is 2.50 bits per heavy atom. The van der Waals surface area contributed by atoms with Gasteiger partial charge in [-0.2, -0.15) is 0 Å². The van der Waals surface area contributed by atoms with Gasteiger partial charge in [-0.3, -0.25) is 4.79 Å². The third kappa shape index (κ3) is 3.32. The van der Waals surface area contributed by atoms with Crippen LogP contribution in [-0.4, -0.2) is 24.5 Å². The van der Waals surface area contributed by atoms with E-state index in [9.17, 15) is 4.79 Å². The molecule has 0 heterocycles. The standard InChI is InChI=1S/C9H17NO2/c1-7(11)6-12-9-4-2-8(10)3-5-9/h8-9H,2-6,10H2,1H3. The molecule has 3 heteroatoms. The first-order valence-electron chi connectivity index (χ1n) is 4.55. The molecule has 2 N–H and O–H groups in total. The van der Waals surface area contributed by atoms with Gasteiger partial charge in [0, 0.05) is 6.04 Å². The van der Waals surface area contributed by atoms with Crippen LogP contribution < -0.4 is 5.73 Å². The minimum Gasteiger partial charge on any atom is -0.370 e. The van der Waals surface area contributed by atoms with Gasteiger partial charge in [0.1, 0.15) is 6.61 Å². The Kier molecular flexibility index (Phi) is 3.69. The lowest BCUT2D eigenvalue weighted by Crippen LogP contribution is -2.31. The van der Waals surface area contributed by atoms with Gasteiger partial charge in [-0.1, -0.05) is 0 Å². The lowest BCUT2D eigenvalue weighted by atomic mass is 9.94. The average Bonchev–Trinajstić information content (AvgIpc) is 2.03. The maximum absolute atomic E-state index is 10.6. The molecule has 0 unspecified atom stereocenters. The van der Waals surface area contributed by atoms with Gasteiger partial charge < -0.3 is 10.5 Å². The Labute approximate surface area is 73.3 Å². The SMILES string of the molecule is CC(=O)COC1CCC(N)CC1.